The molecule has 1 aromatic carbocycles. The summed E-state index contributed by atoms with van der Waals surface area (Å²) in [6.45, 7) is 2.19. The van der Waals surface area contributed by atoms with E-state index < -0.39 is 46.6 Å². The molecule has 33 heavy (non-hydrogen) atoms. The molecule has 1 aliphatic rings. The van der Waals surface area contributed by atoms with Crippen molar-refractivity contribution in [3.05, 3.63) is 69.5 Å². The summed E-state index contributed by atoms with van der Waals surface area (Å²) >= 11 is 0. The molecule has 4 rings (SSSR count). The first-order valence-electron chi connectivity index (χ1n) is 10.5. The zero-order chi connectivity index (χ0) is 23.7. The number of pyridine rings is 2. The molecule has 1 saturated heterocycles. The van der Waals surface area contributed by atoms with Crippen molar-refractivity contribution < 1.29 is 27.8 Å². The Morgan fingerprint density at radius 2 is 1.94 bits per heavy atom. The van der Waals surface area contributed by atoms with Gasteiger partial charge < -0.3 is 20.1 Å². The van der Waals surface area contributed by atoms with Gasteiger partial charge in [0.25, 0.3) is 5.56 Å². The number of aromatic nitrogens is 2. The fourth-order valence-electron chi connectivity index (χ4n) is 4.30. The van der Waals surface area contributed by atoms with Gasteiger partial charge in [-0.3, -0.25) is 14.6 Å². The van der Waals surface area contributed by atoms with Gasteiger partial charge in [0.1, 0.15) is 23.2 Å². The van der Waals surface area contributed by atoms with E-state index in [2.05, 4.69) is 15.3 Å². The highest BCUT2D eigenvalue weighted by molar-refractivity contribution is 5.90. The topological polar surface area (TPSA) is 104 Å². The van der Waals surface area contributed by atoms with Gasteiger partial charge in [0.05, 0.1) is 34.9 Å². The number of hydrogen-bond acceptors (Lipinski definition) is 5. The molecule has 0 bridgehead atoms. The fourth-order valence-corrected chi connectivity index (χ4v) is 4.30. The molecule has 0 radical (unpaired) electrons. The van der Waals surface area contributed by atoms with Crippen LogP contribution in [0.25, 0.3) is 10.9 Å². The molecule has 0 spiro atoms. The first kappa shape index (κ1) is 22.8. The molecule has 3 aromatic rings. The summed E-state index contributed by atoms with van der Waals surface area (Å²) in [7, 11) is 0. The van der Waals surface area contributed by atoms with Crippen molar-refractivity contribution in [1.82, 2.24) is 15.3 Å². The highest BCUT2D eigenvalue weighted by atomic mass is 19.1. The number of nitrogens with one attached hydrogen (secondary N) is 2. The Bertz CT molecular complexity index is 1260. The lowest BCUT2D eigenvalue weighted by atomic mass is 9.80. The van der Waals surface area contributed by atoms with Crippen molar-refractivity contribution in [2.24, 2.45) is 5.92 Å². The van der Waals surface area contributed by atoms with Gasteiger partial charge in [-0.2, -0.15) is 0 Å². The lowest BCUT2D eigenvalue weighted by molar-refractivity contribution is -0.125. The van der Waals surface area contributed by atoms with Gasteiger partial charge in [-0.25, -0.2) is 13.2 Å². The Labute approximate surface area is 186 Å². The van der Waals surface area contributed by atoms with Crippen LogP contribution >= 0.6 is 0 Å². The minimum Gasteiger partial charge on any atom is -0.507 e. The van der Waals surface area contributed by atoms with Crippen LogP contribution in [0.5, 0.6) is 5.75 Å². The van der Waals surface area contributed by atoms with E-state index in [0.717, 1.165) is 18.3 Å². The second kappa shape index (κ2) is 9.22. The van der Waals surface area contributed by atoms with Gasteiger partial charge in [0.15, 0.2) is 0 Å². The number of aromatic amines is 1. The number of aromatic hydroxyl groups is 1. The second-order valence-corrected chi connectivity index (χ2v) is 8.08. The van der Waals surface area contributed by atoms with Crippen LogP contribution in [-0.4, -0.2) is 34.2 Å². The monoisotopic (exact) mass is 461 g/mol. The van der Waals surface area contributed by atoms with E-state index in [0.29, 0.717) is 32.1 Å². The number of rotatable bonds is 5. The molecule has 1 amide bonds. The SMILES string of the molecule is C[C@@H](NC(=O)[C@@H](c1c(O)c2cc(F)ccc2[nH]c1=O)C1CCOCC1)c1ncc(F)cc1F. The van der Waals surface area contributed by atoms with E-state index in [9.17, 15) is 27.9 Å². The van der Waals surface area contributed by atoms with E-state index >= 15 is 0 Å². The summed E-state index contributed by atoms with van der Waals surface area (Å²) in [5.74, 6) is -5.00. The molecule has 0 unspecified atom stereocenters. The van der Waals surface area contributed by atoms with E-state index in [1.807, 2.05) is 0 Å². The second-order valence-electron chi connectivity index (χ2n) is 8.08. The average molecular weight is 461 g/mol. The Morgan fingerprint density at radius 3 is 2.64 bits per heavy atom. The predicted octanol–water partition coefficient (Wildman–Crippen LogP) is 3.43. The summed E-state index contributed by atoms with van der Waals surface area (Å²) in [6, 6.07) is 3.26. The summed E-state index contributed by atoms with van der Waals surface area (Å²) < 4.78 is 46.6. The molecule has 3 N–H and O–H groups in total. The molecule has 3 heterocycles. The van der Waals surface area contributed by atoms with Gasteiger partial charge in [-0.15, -0.1) is 0 Å². The summed E-state index contributed by atoms with van der Waals surface area (Å²) in [5.41, 5.74) is -0.830. The highest BCUT2D eigenvalue weighted by Gasteiger charge is 2.36. The largest absolute Gasteiger partial charge is 0.507 e. The van der Waals surface area contributed by atoms with Gasteiger partial charge in [-0.05, 0) is 43.9 Å². The van der Waals surface area contributed by atoms with Crippen molar-refractivity contribution in [3.8, 4) is 5.75 Å². The lowest BCUT2D eigenvalue weighted by Gasteiger charge is -2.30. The van der Waals surface area contributed by atoms with Crippen LogP contribution in [0.15, 0.2) is 35.3 Å². The van der Waals surface area contributed by atoms with Gasteiger partial charge in [0.2, 0.25) is 5.91 Å². The third-order valence-corrected chi connectivity index (χ3v) is 5.92. The Hall–Kier alpha value is -3.40. The quantitative estimate of drug-likeness (QED) is 0.540. The number of ether oxygens (including phenoxy) is 1. The predicted molar refractivity (Wildman–Crippen MR) is 113 cm³/mol. The van der Waals surface area contributed by atoms with Crippen LogP contribution in [0.3, 0.4) is 0 Å². The summed E-state index contributed by atoms with van der Waals surface area (Å²) in [4.78, 5) is 32.6. The fraction of sp³-hybridized carbons (Fsp3) is 0.348. The number of H-pyrrole nitrogens is 1. The van der Waals surface area contributed by atoms with Crippen LogP contribution < -0.4 is 10.9 Å². The first-order valence-corrected chi connectivity index (χ1v) is 10.5. The smallest absolute Gasteiger partial charge is 0.256 e. The number of benzene rings is 1. The van der Waals surface area contributed by atoms with E-state index in [-0.39, 0.29) is 28.1 Å². The van der Waals surface area contributed by atoms with Gasteiger partial charge in [0, 0.05) is 24.7 Å². The maximum absolute atomic E-state index is 14.2. The molecule has 174 valence electrons. The average Bonchev–Trinajstić information content (AvgIpc) is 2.77. The number of amides is 1. The van der Waals surface area contributed by atoms with Crippen LogP contribution in [0.4, 0.5) is 13.2 Å². The van der Waals surface area contributed by atoms with Crippen LogP contribution in [0.2, 0.25) is 0 Å². The standard InChI is InChI=1S/C23H22F3N3O4/c1-11(20-16(26)9-14(25)10-27-20)28-22(31)18(12-4-6-33-7-5-12)19-21(30)15-8-13(24)2-3-17(15)29-23(19)32/h2-3,8-12,18H,4-7H2,1H3,(H,28,31)(H2,29,30,32)/t11-,18-/m1/s1. The first-order chi connectivity index (χ1) is 15.8. The molecule has 7 nitrogen and oxygen atoms in total. The van der Waals surface area contributed by atoms with Crippen LogP contribution in [-0.2, 0) is 9.53 Å². The third kappa shape index (κ3) is 4.56. The molecular formula is C23H22F3N3O4. The minimum atomic E-state index is -1.11. The Balaban J connectivity index is 1.76. The van der Waals surface area contributed by atoms with Crippen molar-refractivity contribution in [3.63, 3.8) is 0 Å². The van der Waals surface area contributed by atoms with Crippen molar-refractivity contribution >= 4 is 16.8 Å². The molecule has 2 aromatic heterocycles. The molecular weight excluding hydrogens is 439 g/mol. The summed E-state index contributed by atoms with van der Waals surface area (Å²) in [5, 5.41) is 13.6. The number of fused-ring (bicyclic) bond motifs is 1. The third-order valence-electron chi connectivity index (χ3n) is 5.92. The zero-order valence-electron chi connectivity index (χ0n) is 17.7. The molecule has 0 aliphatic carbocycles. The van der Waals surface area contributed by atoms with E-state index in [4.69, 9.17) is 4.74 Å². The lowest BCUT2D eigenvalue weighted by Crippen LogP contribution is -2.39. The molecule has 0 saturated carbocycles. The number of nitrogens with zero attached hydrogens (tertiary/aromatic N) is 1. The highest BCUT2D eigenvalue weighted by Crippen LogP contribution is 2.38. The number of carbonyl (C=O) groups excluding carboxylic acids is 1. The minimum absolute atomic E-state index is 0.0637. The maximum Gasteiger partial charge on any atom is 0.256 e. The summed E-state index contributed by atoms with van der Waals surface area (Å²) in [6.07, 6.45) is 1.72. The maximum atomic E-state index is 14.2. The molecule has 2 atom stereocenters. The molecule has 1 aliphatic heterocycles. The number of carbonyl (C=O) groups is 1. The Morgan fingerprint density at radius 1 is 1.21 bits per heavy atom. The van der Waals surface area contributed by atoms with Crippen molar-refractivity contribution in [1.29, 1.82) is 0 Å². The zero-order valence-corrected chi connectivity index (χ0v) is 17.7. The Kier molecular flexibility index (Phi) is 6.37. The number of halogens is 3. The van der Waals surface area contributed by atoms with Gasteiger partial charge in [-0.1, -0.05) is 0 Å². The van der Waals surface area contributed by atoms with E-state index in [1.54, 1.807) is 0 Å². The van der Waals surface area contributed by atoms with Crippen molar-refractivity contribution in [2.45, 2.75) is 31.7 Å². The number of hydrogen-bond donors (Lipinski definition) is 3. The van der Waals surface area contributed by atoms with Crippen molar-refractivity contribution in [2.75, 3.05) is 13.2 Å². The normalized spacial score (nSPS) is 16.5. The van der Waals surface area contributed by atoms with E-state index in [1.165, 1.54) is 13.0 Å². The van der Waals surface area contributed by atoms with Crippen LogP contribution in [0.1, 0.15) is 43.0 Å². The molecule has 1 fully saturated rings. The molecule has 10 heteroatoms. The van der Waals surface area contributed by atoms with Crippen LogP contribution in [0, 0.1) is 23.4 Å². The van der Waals surface area contributed by atoms with Gasteiger partial charge >= 0.3 is 0 Å².